The molecule has 1 aromatic heterocycles. The molecule has 0 bridgehead atoms. The van der Waals surface area contributed by atoms with Gasteiger partial charge in [-0.1, -0.05) is 23.2 Å². The van der Waals surface area contributed by atoms with Crippen molar-refractivity contribution in [1.29, 1.82) is 0 Å². The van der Waals surface area contributed by atoms with E-state index in [1.54, 1.807) is 12.1 Å². The first-order valence-corrected chi connectivity index (χ1v) is 11.0. The maximum absolute atomic E-state index is 13.5. The highest BCUT2D eigenvalue weighted by Gasteiger charge is 2.34. The quantitative estimate of drug-likeness (QED) is 0.200. The van der Waals surface area contributed by atoms with Crippen LogP contribution < -0.4 is 20.6 Å². The summed E-state index contributed by atoms with van der Waals surface area (Å²) in [5.74, 6) is 0.248. The van der Waals surface area contributed by atoms with Crippen LogP contribution in [-0.4, -0.2) is 52.2 Å². The Hall–Kier alpha value is -2.50. The highest BCUT2D eigenvalue weighted by molar-refractivity contribution is 7.24. The van der Waals surface area contributed by atoms with Crippen molar-refractivity contribution in [3.05, 3.63) is 60.3 Å². The molecule has 0 amide bonds. The molecule has 9 nitrogen and oxygen atoms in total. The van der Waals surface area contributed by atoms with E-state index in [2.05, 4.69) is 5.32 Å². The SMILES string of the molecule is O=c1/c(=C(\O)CN2CCNCC2)[n+]2cc([N+](=O)[O-])cc3sc4c(Cl)ccc(Cl)c4n1-c32. The number of benzene rings is 1. The van der Waals surface area contributed by atoms with Gasteiger partial charge >= 0.3 is 17.1 Å². The molecule has 0 saturated carbocycles. The number of halogens is 2. The summed E-state index contributed by atoms with van der Waals surface area (Å²) in [7, 11) is 0. The number of nitrogens with one attached hydrogen (secondary N) is 1. The van der Waals surface area contributed by atoms with Crippen molar-refractivity contribution in [3.8, 4) is 5.82 Å². The highest BCUT2D eigenvalue weighted by atomic mass is 35.5. The van der Waals surface area contributed by atoms with Crippen LogP contribution in [0.15, 0.2) is 29.2 Å². The van der Waals surface area contributed by atoms with Crippen LogP contribution in [0.25, 0.3) is 26.5 Å². The van der Waals surface area contributed by atoms with Crippen LogP contribution in [0.2, 0.25) is 10.0 Å². The van der Waals surface area contributed by atoms with Crippen molar-refractivity contribution in [1.82, 2.24) is 14.8 Å². The van der Waals surface area contributed by atoms with Crippen molar-refractivity contribution in [2.75, 3.05) is 32.7 Å². The predicted octanol–water partition coefficient (Wildman–Crippen LogP) is 1.73. The summed E-state index contributed by atoms with van der Waals surface area (Å²) in [6, 6.07) is 4.61. The van der Waals surface area contributed by atoms with Crippen LogP contribution >= 0.6 is 34.5 Å². The molecule has 1 saturated heterocycles. The summed E-state index contributed by atoms with van der Waals surface area (Å²) >= 11 is 14.0. The molecule has 2 N–H and O–H groups in total. The van der Waals surface area contributed by atoms with Gasteiger partial charge in [0.25, 0.3) is 5.35 Å². The Morgan fingerprint density at radius 2 is 2.00 bits per heavy atom. The van der Waals surface area contributed by atoms with Gasteiger partial charge in [0, 0.05) is 32.2 Å². The molecule has 0 atom stereocenters. The molecule has 12 heteroatoms. The zero-order valence-corrected chi connectivity index (χ0v) is 18.3. The van der Waals surface area contributed by atoms with E-state index in [0.717, 1.165) is 13.1 Å². The third kappa shape index (κ3) is 3.22. The van der Waals surface area contributed by atoms with Crippen LogP contribution in [-0.2, 0) is 0 Å². The number of aliphatic hydroxyl groups excluding tert-OH is 1. The Morgan fingerprint density at radius 1 is 1.29 bits per heavy atom. The second-order valence-corrected chi connectivity index (χ2v) is 9.15. The fourth-order valence-electron chi connectivity index (χ4n) is 3.98. The molecular weight excluding hydrogens is 465 g/mol. The van der Waals surface area contributed by atoms with Gasteiger partial charge in [0.1, 0.15) is 4.70 Å². The van der Waals surface area contributed by atoms with Crippen LogP contribution in [0, 0.1) is 10.1 Å². The van der Waals surface area contributed by atoms with Crippen molar-refractivity contribution in [2.45, 2.75) is 0 Å². The minimum Gasteiger partial charge on any atom is -0.506 e. The summed E-state index contributed by atoms with van der Waals surface area (Å²) in [4.78, 5) is 26.6. The lowest BCUT2D eigenvalue weighted by Gasteiger charge is -2.26. The van der Waals surface area contributed by atoms with Crippen molar-refractivity contribution in [2.24, 2.45) is 0 Å². The highest BCUT2D eigenvalue weighted by Crippen LogP contribution is 2.37. The fraction of sp³-hybridized carbons (Fsp3) is 0.263. The van der Waals surface area contributed by atoms with Gasteiger partial charge in [-0.25, -0.2) is 4.79 Å². The van der Waals surface area contributed by atoms with E-state index in [9.17, 15) is 20.0 Å². The molecule has 0 unspecified atom stereocenters. The minimum absolute atomic E-state index is 0.0250. The third-order valence-electron chi connectivity index (χ3n) is 5.38. The normalized spacial score (nSPS) is 16.5. The number of rotatable bonds is 3. The first-order chi connectivity index (χ1) is 14.9. The molecule has 3 aliphatic heterocycles. The Labute approximate surface area is 188 Å². The number of hydrogen-bond donors (Lipinski definition) is 2. The number of nitro groups is 1. The predicted molar refractivity (Wildman–Crippen MR) is 119 cm³/mol. The molecule has 0 radical (unpaired) electrons. The molecule has 0 aliphatic carbocycles. The summed E-state index contributed by atoms with van der Waals surface area (Å²) in [5.41, 5.74) is -0.306. The first kappa shape index (κ1) is 20.4. The van der Waals surface area contributed by atoms with Gasteiger partial charge in [-0.05, 0) is 12.1 Å². The molecule has 4 heterocycles. The number of nitrogens with zero attached hydrogens (tertiary/aromatic N) is 4. The molecule has 5 rings (SSSR count). The lowest BCUT2D eigenvalue weighted by molar-refractivity contribution is -0.549. The fourth-order valence-corrected chi connectivity index (χ4v) is 5.69. The van der Waals surface area contributed by atoms with E-state index in [1.807, 2.05) is 4.90 Å². The monoisotopic (exact) mass is 480 g/mol. The van der Waals surface area contributed by atoms with Gasteiger partial charge in [-0.2, -0.15) is 4.40 Å². The number of piperazine rings is 1. The number of fused-ring (bicyclic) bond motifs is 2. The zero-order chi connectivity index (χ0) is 21.9. The summed E-state index contributed by atoms with van der Waals surface area (Å²) in [5, 5.41) is 26.4. The average molecular weight is 481 g/mol. The second kappa shape index (κ2) is 7.57. The average Bonchev–Trinajstić information content (AvgIpc) is 3.04. The van der Waals surface area contributed by atoms with E-state index in [1.165, 1.54) is 32.6 Å². The number of imidazole rings is 1. The van der Waals surface area contributed by atoms with Crippen LogP contribution in [0.4, 0.5) is 5.69 Å². The van der Waals surface area contributed by atoms with E-state index in [4.69, 9.17) is 23.2 Å². The zero-order valence-electron chi connectivity index (χ0n) is 16.0. The number of pyridine rings is 1. The maximum atomic E-state index is 13.5. The van der Waals surface area contributed by atoms with E-state index in [-0.39, 0.29) is 23.3 Å². The molecule has 160 valence electrons. The molecule has 1 aromatic carbocycles. The van der Waals surface area contributed by atoms with Gasteiger partial charge < -0.3 is 10.4 Å². The maximum Gasteiger partial charge on any atom is 0.390 e. The van der Waals surface area contributed by atoms with Gasteiger partial charge in [0.05, 0.1) is 26.2 Å². The standard InChI is InChI=1S/C19H15Cl2N5O4S/c20-11-1-2-12(21)17-15(11)25-18-14(31-17)7-10(26(29)30)8-24(18)16(19(25)28)13(27)9-23-5-3-22-4-6-23/h1-2,7-8,22H,3-6,9H2/p+1. The van der Waals surface area contributed by atoms with Gasteiger partial charge in [0.15, 0.2) is 17.5 Å². The first-order valence-electron chi connectivity index (χ1n) is 9.46. The van der Waals surface area contributed by atoms with Crippen LogP contribution in [0.5, 0.6) is 0 Å². The topological polar surface area (TPSA) is 105 Å². The van der Waals surface area contributed by atoms with Gasteiger partial charge in [-0.15, -0.1) is 15.9 Å². The molecule has 3 aliphatic rings. The third-order valence-corrected chi connectivity index (χ3v) is 7.25. The van der Waals surface area contributed by atoms with Gasteiger partial charge in [0.2, 0.25) is 0 Å². The number of aliphatic hydroxyl groups is 1. The second-order valence-electron chi connectivity index (χ2n) is 7.28. The van der Waals surface area contributed by atoms with Crippen LogP contribution in [0.3, 0.4) is 0 Å². The number of hydrogen-bond acceptors (Lipinski definition) is 7. The van der Waals surface area contributed by atoms with Crippen molar-refractivity contribution < 1.29 is 14.4 Å². The minimum atomic E-state index is -0.530. The Morgan fingerprint density at radius 3 is 2.71 bits per heavy atom. The summed E-state index contributed by atoms with van der Waals surface area (Å²) < 4.78 is 3.78. The summed E-state index contributed by atoms with van der Waals surface area (Å²) in [6.07, 6.45) is 1.25. The van der Waals surface area contributed by atoms with E-state index in [0.29, 0.717) is 43.9 Å². The molecule has 0 spiro atoms. The lowest BCUT2D eigenvalue weighted by atomic mass is 10.3. The van der Waals surface area contributed by atoms with Crippen LogP contribution in [0.1, 0.15) is 0 Å². The molecule has 2 aromatic rings. The number of aromatic nitrogens is 2. The largest absolute Gasteiger partial charge is 0.506 e. The summed E-state index contributed by atoms with van der Waals surface area (Å²) in [6.45, 7) is 3.14. The lowest BCUT2D eigenvalue weighted by Crippen LogP contribution is -2.49. The molecule has 31 heavy (non-hydrogen) atoms. The Bertz CT molecular complexity index is 1440. The molecule has 1 fully saturated rings. The Kier molecular flexibility index (Phi) is 4.98. The molecular formula is C19H16Cl2N5O4S+. The van der Waals surface area contributed by atoms with Gasteiger partial charge in [-0.3, -0.25) is 15.0 Å². The van der Waals surface area contributed by atoms with Crippen molar-refractivity contribution in [3.63, 3.8) is 0 Å². The van der Waals surface area contributed by atoms with Crippen molar-refractivity contribution >= 4 is 60.9 Å². The Balaban J connectivity index is 1.93. The smallest absolute Gasteiger partial charge is 0.390 e. The van der Waals surface area contributed by atoms with E-state index < -0.39 is 10.5 Å². The van der Waals surface area contributed by atoms with E-state index >= 15 is 0 Å².